The van der Waals surface area contributed by atoms with Gasteiger partial charge in [-0.25, -0.2) is 4.39 Å². The lowest BCUT2D eigenvalue weighted by Gasteiger charge is -2.11. The van der Waals surface area contributed by atoms with Crippen LogP contribution in [-0.4, -0.2) is 11.7 Å². The first-order chi connectivity index (χ1) is 11.0. The molecule has 118 valence electrons. The van der Waals surface area contributed by atoms with Crippen LogP contribution in [0.1, 0.15) is 18.1 Å². The number of phenolic OH excluding ortho intramolecular Hbond substituents is 1. The van der Waals surface area contributed by atoms with Crippen molar-refractivity contribution < 1.29 is 14.2 Å². The van der Waals surface area contributed by atoms with Crippen molar-refractivity contribution >= 4 is 43.5 Å². The number of nitriles is 1. The monoisotopic (exact) mass is 439 g/mol. The topological polar surface area (TPSA) is 53.2 Å². The van der Waals surface area contributed by atoms with Crippen molar-refractivity contribution in [2.75, 3.05) is 6.61 Å². The van der Waals surface area contributed by atoms with Gasteiger partial charge in [0.05, 0.1) is 22.7 Å². The van der Waals surface area contributed by atoms with Crippen LogP contribution in [0.25, 0.3) is 11.6 Å². The van der Waals surface area contributed by atoms with Gasteiger partial charge in [0.25, 0.3) is 0 Å². The molecule has 0 unspecified atom stereocenters. The highest BCUT2D eigenvalue weighted by atomic mass is 79.9. The van der Waals surface area contributed by atoms with Crippen LogP contribution < -0.4 is 4.74 Å². The molecule has 0 amide bonds. The van der Waals surface area contributed by atoms with Gasteiger partial charge in [-0.1, -0.05) is 18.2 Å². The molecule has 0 spiro atoms. The van der Waals surface area contributed by atoms with Crippen molar-refractivity contribution in [2.24, 2.45) is 0 Å². The van der Waals surface area contributed by atoms with E-state index in [2.05, 4.69) is 31.9 Å². The van der Waals surface area contributed by atoms with Gasteiger partial charge in [-0.2, -0.15) is 5.26 Å². The zero-order valence-corrected chi connectivity index (χ0v) is 15.3. The van der Waals surface area contributed by atoms with Crippen LogP contribution in [0.4, 0.5) is 4.39 Å². The first kappa shape index (κ1) is 17.5. The van der Waals surface area contributed by atoms with Crippen LogP contribution in [0.3, 0.4) is 0 Å². The standard InChI is InChI=1S/C17H12Br2FNO2/c1-2-23-14-8-10(15(18)16(19)17(14)22)7-11(9-21)12-5-3-4-6-13(12)20/h3-8,22H,2H2,1H3/b11-7-. The molecule has 0 aliphatic rings. The molecule has 0 aliphatic carbocycles. The Morgan fingerprint density at radius 1 is 1.35 bits per heavy atom. The summed E-state index contributed by atoms with van der Waals surface area (Å²) in [5.41, 5.74) is 0.964. The highest BCUT2D eigenvalue weighted by Crippen LogP contribution is 2.43. The average Bonchev–Trinajstić information content (AvgIpc) is 2.55. The fourth-order valence-electron chi connectivity index (χ4n) is 1.99. The second-order valence-corrected chi connectivity index (χ2v) is 6.11. The second kappa shape index (κ2) is 7.62. The number of allylic oxidation sites excluding steroid dienone is 1. The SMILES string of the molecule is CCOc1cc(/C=C(/C#N)c2ccccc2F)c(Br)c(Br)c1O. The van der Waals surface area contributed by atoms with Gasteiger partial charge in [-0.3, -0.25) is 0 Å². The summed E-state index contributed by atoms with van der Waals surface area (Å²) in [5, 5.41) is 19.4. The number of benzene rings is 2. The highest BCUT2D eigenvalue weighted by Gasteiger charge is 2.15. The molecule has 0 heterocycles. The van der Waals surface area contributed by atoms with Crippen LogP contribution in [-0.2, 0) is 0 Å². The van der Waals surface area contributed by atoms with Crippen molar-refractivity contribution in [3.8, 4) is 17.6 Å². The summed E-state index contributed by atoms with van der Waals surface area (Å²) < 4.78 is 20.2. The van der Waals surface area contributed by atoms with Gasteiger partial charge in [0.15, 0.2) is 11.5 Å². The van der Waals surface area contributed by atoms with Gasteiger partial charge in [0, 0.05) is 10.0 Å². The third kappa shape index (κ3) is 3.74. The van der Waals surface area contributed by atoms with Gasteiger partial charge in [-0.05, 0) is 62.6 Å². The first-order valence-corrected chi connectivity index (χ1v) is 8.28. The number of hydrogen-bond acceptors (Lipinski definition) is 3. The van der Waals surface area contributed by atoms with E-state index in [4.69, 9.17) is 4.74 Å². The van der Waals surface area contributed by atoms with Crippen LogP contribution in [0.2, 0.25) is 0 Å². The zero-order valence-electron chi connectivity index (χ0n) is 12.1. The Balaban J connectivity index is 2.61. The summed E-state index contributed by atoms with van der Waals surface area (Å²) in [6, 6.07) is 9.66. The molecule has 0 bridgehead atoms. The predicted octanol–water partition coefficient (Wildman–Crippen LogP) is 5.52. The van der Waals surface area contributed by atoms with Crippen molar-refractivity contribution in [3.05, 3.63) is 56.2 Å². The number of aromatic hydroxyl groups is 1. The Kier molecular flexibility index (Phi) is 5.80. The Hall–Kier alpha value is -1.84. The third-order valence-electron chi connectivity index (χ3n) is 3.06. The van der Waals surface area contributed by atoms with Crippen molar-refractivity contribution in [3.63, 3.8) is 0 Å². The summed E-state index contributed by atoms with van der Waals surface area (Å²) in [6.45, 7) is 2.17. The molecule has 0 saturated heterocycles. The normalized spacial score (nSPS) is 11.2. The molecule has 0 aliphatic heterocycles. The summed E-state index contributed by atoms with van der Waals surface area (Å²) in [4.78, 5) is 0. The first-order valence-electron chi connectivity index (χ1n) is 6.70. The quantitative estimate of drug-likeness (QED) is 0.503. The van der Waals surface area contributed by atoms with E-state index in [0.29, 0.717) is 21.1 Å². The van der Waals surface area contributed by atoms with Crippen LogP contribution in [0.15, 0.2) is 39.3 Å². The maximum atomic E-state index is 13.9. The number of nitrogens with zero attached hydrogens (tertiary/aromatic N) is 1. The molecule has 0 radical (unpaired) electrons. The largest absolute Gasteiger partial charge is 0.503 e. The lowest BCUT2D eigenvalue weighted by Crippen LogP contribution is -1.94. The lowest BCUT2D eigenvalue weighted by atomic mass is 10.0. The van der Waals surface area contributed by atoms with Crippen molar-refractivity contribution in [1.82, 2.24) is 0 Å². The van der Waals surface area contributed by atoms with Crippen molar-refractivity contribution in [1.29, 1.82) is 5.26 Å². The van der Waals surface area contributed by atoms with Crippen LogP contribution in [0, 0.1) is 17.1 Å². The Morgan fingerprint density at radius 2 is 2.04 bits per heavy atom. The minimum absolute atomic E-state index is 0.0414. The van der Waals surface area contributed by atoms with E-state index in [1.807, 2.05) is 6.07 Å². The molecule has 3 nitrogen and oxygen atoms in total. The van der Waals surface area contributed by atoms with E-state index < -0.39 is 5.82 Å². The molecule has 0 saturated carbocycles. The Bertz CT molecular complexity index is 813. The smallest absolute Gasteiger partial charge is 0.173 e. The minimum Gasteiger partial charge on any atom is -0.503 e. The third-order valence-corrected chi connectivity index (χ3v) is 5.22. The lowest BCUT2D eigenvalue weighted by molar-refractivity contribution is 0.317. The molecule has 0 atom stereocenters. The van der Waals surface area contributed by atoms with Gasteiger partial charge < -0.3 is 9.84 Å². The molecule has 1 N–H and O–H groups in total. The minimum atomic E-state index is -0.473. The van der Waals surface area contributed by atoms with E-state index in [-0.39, 0.29) is 22.6 Å². The maximum absolute atomic E-state index is 13.9. The molecule has 23 heavy (non-hydrogen) atoms. The van der Waals surface area contributed by atoms with Gasteiger partial charge in [0.2, 0.25) is 0 Å². The van der Waals surface area contributed by atoms with E-state index in [9.17, 15) is 14.8 Å². The summed E-state index contributed by atoms with van der Waals surface area (Å²) in [5.74, 6) is -0.237. The van der Waals surface area contributed by atoms with E-state index >= 15 is 0 Å². The van der Waals surface area contributed by atoms with Gasteiger partial charge in [-0.15, -0.1) is 0 Å². The molecule has 2 aromatic carbocycles. The number of hydrogen-bond donors (Lipinski definition) is 1. The molecule has 0 aromatic heterocycles. The molecular weight excluding hydrogens is 429 g/mol. The second-order valence-electron chi connectivity index (χ2n) is 4.52. The summed E-state index contributed by atoms with van der Waals surface area (Å²) in [7, 11) is 0. The van der Waals surface area contributed by atoms with Gasteiger partial charge >= 0.3 is 0 Å². The highest BCUT2D eigenvalue weighted by molar-refractivity contribution is 9.13. The molecule has 2 aromatic rings. The summed E-state index contributed by atoms with van der Waals surface area (Å²) in [6.07, 6.45) is 1.54. The number of phenols is 1. The van der Waals surface area contributed by atoms with Gasteiger partial charge in [0.1, 0.15) is 5.82 Å². The van der Waals surface area contributed by atoms with Crippen LogP contribution >= 0.6 is 31.9 Å². The number of halogens is 3. The number of ether oxygens (including phenoxy) is 1. The molecular formula is C17H12Br2FNO2. The summed E-state index contributed by atoms with van der Waals surface area (Å²) >= 11 is 6.63. The van der Waals surface area contributed by atoms with Crippen molar-refractivity contribution in [2.45, 2.75) is 6.92 Å². The molecule has 0 fully saturated rings. The van der Waals surface area contributed by atoms with E-state index in [1.165, 1.54) is 18.2 Å². The van der Waals surface area contributed by atoms with Crippen LogP contribution in [0.5, 0.6) is 11.5 Å². The van der Waals surface area contributed by atoms with E-state index in [1.54, 1.807) is 25.1 Å². The molecule has 2 rings (SSSR count). The average molecular weight is 441 g/mol. The fourth-order valence-corrected chi connectivity index (χ4v) is 2.83. The number of rotatable bonds is 4. The molecule has 6 heteroatoms. The maximum Gasteiger partial charge on any atom is 0.173 e. The zero-order chi connectivity index (χ0) is 17.0. The Labute approximate surface area is 150 Å². The predicted molar refractivity (Wildman–Crippen MR) is 94.6 cm³/mol. The van der Waals surface area contributed by atoms with E-state index in [0.717, 1.165) is 0 Å². The fraction of sp³-hybridized carbons (Fsp3) is 0.118. The Morgan fingerprint density at radius 3 is 2.65 bits per heavy atom.